The Bertz CT molecular complexity index is 350. The van der Waals surface area contributed by atoms with E-state index in [-0.39, 0.29) is 0 Å². The van der Waals surface area contributed by atoms with Crippen molar-refractivity contribution in [2.45, 2.75) is 19.4 Å². The average molecular weight is 298 g/mol. The van der Waals surface area contributed by atoms with Gasteiger partial charge in [0.05, 0.1) is 0 Å². The zero-order chi connectivity index (χ0) is 12.1. The molecule has 1 heterocycles. The van der Waals surface area contributed by atoms with E-state index in [0.717, 1.165) is 25.7 Å². The van der Waals surface area contributed by atoms with Gasteiger partial charge in [0.25, 0.3) is 0 Å². The summed E-state index contributed by atoms with van der Waals surface area (Å²) < 4.78 is 6.60. The Morgan fingerprint density at radius 2 is 2.00 bits per heavy atom. The van der Waals surface area contributed by atoms with Crippen LogP contribution in [-0.4, -0.2) is 31.7 Å². The van der Waals surface area contributed by atoms with Crippen LogP contribution in [0.5, 0.6) is 0 Å². The highest BCUT2D eigenvalue weighted by molar-refractivity contribution is 9.10. The Hall–Kier alpha value is -0.380. The highest BCUT2D eigenvalue weighted by Gasteiger charge is 2.16. The first-order chi connectivity index (χ1) is 8.25. The Morgan fingerprint density at radius 1 is 1.29 bits per heavy atom. The Kier molecular flexibility index (Phi) is 5.01. The van der Waals surface area contributed by atoms with E-state index in [1.165, 1.54) is 29.4 Å². The third-order valence-electron chi connectivity index (χ3n) is 3.31. The van der Waals surface area contributed by atoms with Crippen LogP contribution < -0.4 is 0 Å². The maximum atomic E-state index is 5.39. The van der Waals surface area contributed by atoms with Gasteiger partial charge < -0.3 is 9.64 Å². The van der Waals surface area contributed by atoms with Gasteiger partial charge in [0.2, 0.25) is 0 Å². The molecular formula is C14H20BrNO. The topological polar surface area (TPSA) is 12.5 Å². The van der Waals surface area contributed by atoms with Crippen LogP contribution in [0.15, 0.2) is 28.7 Å². The summed E-state index contributed by atoms with van der Waals surface area (Å²) in [6.07, 6.45) is 2.42. The van der Waals surface area contributed by atoms with E-state index in [1.807, 2.05) is 0 Å². The zero-order valence-electron chi connectivity index (χ0n) is 10.4. The van der Waals surface area contributed by atoms with Crippen molar-refractivity contribution >= 4 is 15.9 Å². The van der Waals surface area contributed by atoms with Crippen LogP contribution >= 0.6 is 15.9 Å². The number of ether oxygens (including phenoxy) is 1. The molecule has 0 atom stereocenters. The van der Waals surface area contributed by atoms with Gasteiger partial charge in [-0.2, -0.15) is 0 Å². The molecule has 0 aromatic heterocycles. The molecule has 2 nitrogen and oxygen atoms in total. The number of hydrogen-bond donors (Lipinski definition) is 0. The van der Waals surface area contributed by atoms with E-state index in [2.05, 4.69) is 52.1 Å². The molecule has 0 amide bonds. The Labute approximate surface area is 112 Å². The second kappa shape index (κ2) is 6.53. The molecule has 1 aliphatic heterocycles. The fourth-order valence-corrected chi connectivity index (χ4v) is 2.76. The molecule has 0 radical (unpaired) electrons. The highest BCUT2D eigenvalue weighted by Crippen LogP contribution is 2.20. The van der Waals surface area contributed by atoms with E-state index < -0.39 is 0 Å². The summed E-state index contributed by atoms with van der Waals surface area (Å²) in [6.45, 7) is 4.06. The van der Waals surface area contributed by atoms with Crippen molar-refractivity contribution < 1.29 is 4.74 Å². The average Bonchev–Trinajstić information content (AvgIpc) is 2.33. The van der Waals surface area contributed by atoms with Crippen LogP contribution in [0.2, 0.25) is 0 Å². The number of rotatable bonds is 4. The summed E-state index contributed by atoms with van der Waals surface area (Å²) >= 11 is 3.60. The molecule has 2 rings (SSSR count). The highest BCUT2D eigenvalue weighted by atomic mass is 79.9. The van der Waals surface area contributed by atoms with Gasteiger partial charge in [-0.05, 0) is 37.4 Å². The summed E-state index contributed by atoms with van der Waals surface area (Å²) in [5.74, 6) is 0.802. The van der Waals surface area contributed by atoms with Gasteiger partial charge in [-0.15, -0.1) is 0 Å². The first-order valence-electron chi connectivity index (χ1n) is 6.25. The minimum absolute atomic E-state index is 0.802. The molecule has 3 heteroatoms. The second-order valence-electron chi connectivity index (χ2n) is 4.84. The standard InChI is InChI=1S/C14H20BrNO/c1-16(10-12-6-8-17-9-7-12)11-13-4-2-3-5-14(13)15/h2-5,12H,6-11H2,1H3. The summed E-state index contributed by atoms with van der Waals surface area (Å²) in [5.41, 5.74) is 1.36. The SMILES string of the molecule is CN(Cc1ccccc1Br)CC1CCOCC1. The molecule has 0 N–H and O–H groups in total. The summed E-state index contributed by atoms with van der Waals surface area (Å²) in [4.78, 5) is 2.41. The molecule has 1 aromatic rings. The molecule has 0 bridgehead atoms. The minimum atomic E-state index is 0.802. The molecule has 0 saturated carbocycles. The van der Waals surface area contributed by atoms with Gasteiger partial charge in [-0.1, -0.05) is 34.1 Å². The number of halogens is 1. The van der Waals surface area contributed by atoms with Gasteiger partial charge >= 0.3 is 0 Å². The number of hydrogen-bond acceptors (Lipinski definition) is 2. The van der Waals surface area contributed by atoms with E-state index in [0.29, 0.717) is 0 Å². The van der Waals surface area contributed by atoms with Crippen molar-refractivity contribution in [1.29, 1.82) is 0 Å². The maximum Gasteiger partial charge on any atom is 0.0469 e. The van der Waals surface area contributed by atoms with E-state index in [9.17, 15) is 0 Å². The quantitative estimate of drug-likeness (QED) is 0.845. The molecule has 0 spiro atoms. The fourth-order valence-electron chi connectivity index (χ4n) is 2.35. The van der Waals surface area contributed by atoms with Crippen molar-refractivity contribution in [3.05, 3.63) is 34.3 Å². The van der Waals surface area contributed by atoms with E-state index in [4.69, 9.17) is 4.74 Å². The van der Waals surface area contributed by atoms with Crippen LogP contribution in [-0.2, 0) is 11.3 Å². The maximum absolute atomic E-state index is 5.39. The van der Waals surface area contributed by atoms with Crippen molar-refractivity contribution in [2.75, 3.05) is 26.8 Å². The molecule has 1 fully saturated rings. The van der Waals surface area contributed by atoms with E-state index >= 15 is 0 Å². The van der Waals surface area contributed by atoms with Crippen LogP contribution in [0, 0.1) is 5.92 Å². The number of nitrogens with zero attached hydrogens (tertiary/aromatic N) is 1. The first-order valence-corrected chi connectivity index (χ1v) is 7.04. The monoisotopic (exact) mass is 297 g/mol. The van der Waals surface area contributed by atoms with Crippen molar-refractivity contribution in [3.8, 4) is 0 Å². The zero-order valence-corrected chi connectivity index (χ0v) is 11.9. The van der Waals surface area contributed by atoms with Crippen molar-refractivity contribution in [3.63, 3.8) is 0 Å². The predicted octanol–water partition coefficient (Wildman–Crippen LogP) is 3.31. The summed E-state index contributed by atoms with van der Waals surface area (Å²) in [6, 6.07) is 8.45. The van der Waals surface area contributed by atoms with Crippen LogP contribution in [0.4, 0.5) is 0 Å². The van der Waals surface area contributed by atoms with Crippen LogP contribution in [0.25, 0.3) is 0 Å². The van der Waals surface area contributed by atoms with Gasteiger partial charge in [0.15, 0.2) is 0 Å². The van der Waals surface area contributed by atoms with Crippen LogP contribution in [0.3, 0.4) is 0 Å². The Morgan fingerprint density at radius 3 is 2.71 bits per heavy atom. The minimum Gasteiger partial charge on any atom is -0.381 e. The van der Waals surface area contributed by atoms with Gasteiger partial charge in [0, 0.05) is 30.8 Å². The molecule has 1 aliphatic rings. The third kappa shape index (κ3) is 4.09. The Balaban J connectivity index is 1.84. The van der Waals surface area contributed by atoms with Gasteiger partial charge in [-0.3, -0.25) is 0 Å². The smallest absolute Gasteiger partial charge is 0.0469 e. The largest absolute Gasteiger partial charge is 0.381 e. The predicted molar refractivity (Wildman–Crippen MR) is 74.0 cm³/mol. The molecule has 1 aromatic carbocycles. The lowest BCUT2D eigenvalue weighted by molar-refractivity contribution is 0.0549. The lowest BCUT2D eigenvalue weighted by Gasteiger charge is -2.27. The lowest BCUT2D eigenvalue weighted by Crippen LogP contribution is -2.29. The summed E-state index contributed by atoms with van der Waals surface area (Å²) in [7, 11) is 2.20. The summed E-state index contributed by atoms with van der Waals surface area (Å²) in [5, 5.41) is 0. The van der Waals surface area contributed by atoms with Crippen molar-refractivity contribution in [2.24, 2.45) is 5.92 Å². The molecule has 17 heavy (non-hydrogen) atoms. The fraction of sp³-hybridized carbons (Fsp3) is 0.571. The van der Waals surface area contributed by atoms with Crippen molar-refractivity contribution in [1.82, 2.24) is 4.90 Å². The number of benzene rings is 1. The lowest BCUT2D eigenvalue weighted by atomic mass is 10.00. The third-order valence-corrected chi connectivity index (χ3v) is 4.08. The molecule has 94 valence electrons. The molecular weight excluding hydrogens is 278 g/mol. The second-order valence-corrected chi connectivity index (χ2v) is 5.70. The van der Waals surface area contributed by atoms with Gasteiger partial charge in [0.1, 0.15) is 0 Å². The molecule has 0 unspecified atom stereocenters. The van der Waals surface area contributed by atoms with Gasteiger partial charge in [-0.25, -0.2) is 0 Å². The van der Waals surface area contributed by atoms with E-state index in [1.54, 1.807) is 0 Å². The normalized spacial score (nSPS) is 17.6. The molecule has 0 aliphatic carbocycles. The van der Waals surface area contributed by atoms with Crippen LogP contribution in [0.1, 0.15) is 18.4 Å². The molecule has 1 saturated heterocycles. The first kappa shape index (κ1) is 13.1.